The molecule has 1 N–H and O–H groups in total. The Labute approximate surface area is 156 Å². The number of urea groups is 1. The number of hydrogen-bond acceptors (Lipinski definition) is 3. The fraction of sp³-hybridized carbons (Fsp3) is 0.250. The first-order chi connectivity index (χ1) is 13.1. The standard InChI is InChI=1S/C20H19FN4O2/c21-15-8-6-14(7-9-15)12-23-18(26)13-25-17-5-2-1-4-16(17)19-22-10-3-11-24(19)20(25)27/h1-2,4-9H,3,10-13H2,(H,23,26). The maximum Gasteiger partial charge on any atom is 0.330 e. The quantitative estimate of drug-likeness (QED) is 0.904. The minimum Gasteiger partial charge on any atom is -0.350 e. The fourth-order valence-electron chi connectivity index (χ4n) is 3.32. The predicted octanol–water partition coefficient (Wildman–Crippen LogP) is 2.53. The van der Waals surface area contributed by atoms with Crippen molar-refractivity contribution in [3.05, 3.63) is 65.5 Å². The number of amidine groups is 1. The average Bonchev–Trinajstić information content (AvgIpc) is 2.71. The van der Waals surface area contributed by atoms with Crippen LogP contribution in [0.2, 0.25) is 0 Å². The molecular formula is C20H19FN4O2. The summed E-state index contributed by atoms with van der Waals surface area (Å²) in [6.07, 6.45) is 0.808. The summed E-state index contributed by atoms with van der Waals surface area (Å²) in [7, 11) is 0. The Hall–Kier alpha value is -3.22. The second kappa shape index (κ2) is 7.19. The highest BCUT2D eigenvalue weighted by Gasteiger charge is 2.36. The molecule has 0 saturated heterocycles. The first-order valence-electron chi connectivity index (χ1n) is 8.87. The van der Waals surface area contributed by atoms with E-state index in [-0.39, 0.29) is 30.8 Å². The molecule has 27 heavy (non-hydrogen) atoms. The largest absolute Gasteiger partial charge is 0.350 e. The Morgan fingerprint density at radius 3 is 2.74 bits per heavy atom. The van der Waals surface area contributed by atoms with Gasteiger partial charge in [0.1, 0.15) is 18.2 Å². The number of hydrogen-bond donors (Lipinski definition) is 1. The Bertz CT molecular complexity index is 910. The van der Waals surface area contributed by atoms with Crippen molar-refractivity contribution in [1.29, 1.82) is 0 Å². The van der Waals surface area contributed by atoms with Crippen molar-refractivity contribution < 1.29 is 14.0 Å². The van der Waals surface area contributed by atoms with Crippen LogP contribution in [0.5, 0.6) is 0 Å². The molecular weight excluding hydrogens is 347 g/mol. The number of rotatable bonds is 4. The van der Waals surface area contributed by atoms with Gasteiger partial charge in [0.25, 0.3) is 0 Å². The molecule has 2 aliphatic heterocycles. The molecule has 0 bridgehead atoms. The van der Waals surface area contributed by atoms with E-state index in [1.54, 1.807) is 17.0 Å². The van der Waals surface area contributed by atoms with Crippen molar-refractivity contribution in [2.45, 2.75) is 13.0 Å². The predicted molar refractivity (Wildman–Crippen MR) is 100 cm³/mol. The molecule has 0 aromatic heterocycles. The third kappa shape index (κ3) is 3.40. The number of nitrogens with one attached hydrogen (secondary N) is 1. The Morgan fingerprint density at radius 2 is 1.93 bits per heavy atom. The van der Waals surface area contributed by atoms with Crippen molar-refractivity contribution in [2.75, 3.05) is 24.5 Å². The van der Waals surface area contributed by atoms with E-state index in [1.165, 1.54) is 17.0 Å². The van der Waals surface area contributed by atoms with E-state index in [9.17, 15) is 14.0 Å². The highest BCUT2D eigenvalue weighted by Crippen LogP contribution is 2.30. The molecule has 4 rings (SSSR count). The molecule has 2 aromatic carbocycles. The molecule has 6 nitrogen and oxygen atoms in total. The summed E-state index contributed by atoms with van der Waals surface area (Å²) in [6.45, 7) is 1.49. The summed E-state index contributed by atoms with van der Waals surface area (Å²) in [5.41, 5.74) is 2.35. The normalized spacial score (nSPS) is 15.7. The van der Waals surface area contributed by atoms with Crippen molar-refractivity contribution in [3.8, 4) is 0 Å². The van der Waals surface area contributed by atoms with Gasteiger partial charge < -0.3 is 5.32 Å². The lowest BCUT2D eigenvalue weighted by atomic mass is 10.1. The number of anilines is 1. The first-order valence-corrected chi connectivity index (χ1v) is 8.87. The molecule has 2 aromatic rings. The van der Waals surface area contributed by atoms with E-state index in [0.717, 1.165) is 17.5 Å². The highest BCUT2D eigenvalue weighted by molar-refractivity contribution is 6.20. The van der Waals surface area contributed by atoms with Gasteiger partial charge in [-0.25, -0.2) is 9.18 Å². The topological polar surface area (TPSA) is 65.0 Å². The molecule has 0 atom stereocenters. The van der Waals surface area contributed by atoms with E-state index < -0.39 is 0 Å². The van der Waals surface area contributed by atoms with Gasteiger partial charge in [0, 0.05) is 25.2 Å². The third-order valence-corrected chi connectivity index (χ3v) is 4.66. The van der Waals surface area contributed by atoms with Crippen molar-refractivity contribution >= 4 is 23.5 Å². The van der Waals surface area contributed by atoms with E-state index in [1.807, 2.05) is 24.3 Å². The maximum absolute atomic E-state index is 13.0. The van der Waals surface area contributed by atoms with Gasteiger partial charge in [-0.3, -0.25) is 19.6 Å². The minimum absolute atomic E-state index is 0.0825. The zero-order valence-corrected chi connectivity index (χ0v) is 14.7. The van der Waals surface area contributed by atoms with Crippen LogP contribution in [0.3, 0.4) is 0 Å². The van der Waals surface area contributed by atoms with Crippen LogP contribution in [0.4, 0.5) is 14.9 Å². The fourth-order valence-corrected chi connectivity index (χ4v) is 3.32. The van der Waals surface area contributed by atoms with Crippen LogP contribution in [-0.4, -0.2) is 42.3 Å². The van der Waals surface area contributed by atoms with Crippen LogP contribution >= 0.6 is 0 Å². The lowest BCUT2D eigenvalue weighted by Crippen LogP contribution is -2.55. The number of halogens is 1. The number of fused-ring (bicyclic) bond motifs is 3. The Kier molecular flexibility index (Phi) is 4.58. The summed E-state index contributed by atoms with van der Waals surface area (Å²) in [6, 6.07) is 13.2. The molecule has 0 spiro atoms. The molecule has 0 saturated carbocycles. The van der Waals surface area contributed by atoms with Gasteiger partial charge in [-0.15, -0.1) is 0 Å². The molecule has 2 aliphatic rings. The van der Waals surface area contributed by atoms with Crippen LogP contribution in [-0.2, 0) is 11.3 Å². The van der Waals surface area contributed by atoms with Crippen molar-refractivity contribution in [1.82, 2.24) is 10.2 Å². The number of carbonyl (C=O) groups excluding carboxylic acids is 2. The van der Waals surface area contributed by atoms with Crippen molar-refractivity contribution in [2.24, 2.45) is 4.99 Å². The Balaban J connectivity index is 1.51. The average molecular weight is 366 g/mol. The Morgan fingerprint density at radius 1 is 1.15 bits per heavy atom. The van der Waals surface area contributed by atoms with Gasteiger partial charge in [-0.2, -0.15) is 0 Å². The number of carbonyl (C=O) groups is 2. The van der Waals surface area contributed by atoms with Gasteiger partial charge in [0.15, 0.2) is 0 Å². The molecule has 7 heteroatoms. The number of benzene rings is 2. The van der Waals surface area contributed by atoms with Crippen LogP contribution in [0.15, 0.2) is 53.5 Å². The molecule has 0 radical (unpaired) electrons. The van der Waals surface area contributed by atoms with Crippen LogP contribution in [0.1, 0.15) is 17.5 Å². The van der Waals surface area contributed by atoms with Gasteiger partial charge in [-0.05, 0) is 36.2 Å². The summed E-state index contributed by atoms with van der Waals surface area (Å²) < 4.78 is 13.0. The SMILES string of the molecule is O=C(CN1C(=O)N2CCCN=C2c2ccccc21)NCc1ccc(F)cc1. The van der Waals surface area contributed by atoms with Gasteiger partial charge in [0.05, 0.1) is 5.69 Å². The second-order valence-corrected chi connectivity index (χ2v) is 6.50. The van der Waals surface area contributed by atoms with E-state index >= 15 is 0 Å². The van der Waals surface area contributed by atoms with E-state index in [0.29, 0.717) is 24.6 Å². The van der Waals surface area contributed by atoms with Gasteiger partial charge >= 0.3 is 6.03 Å². The zero-order valence-electron chi connectivity index (χ0n) is 14.7. The molecule has 0 aliphatic carbocycles. The lowest BCUT2D eigenvalue weighted by Gasteiger charge is -2.39. The minimum atomic E-state index is -0.320. The van der Waals surface area contributed by atoms with Crippen LogP contribution in [0, 0.1) is 5.82 Å². The monoisotopic (exact) mass is 366 g/mol. The van der Waals surface area contributed by atoms with E-state index in [2.05, 4.69) is 10.3 Å². The third-order valence-electron chi connectivity index (χ3n) is 4.66. The summed E-state index contributed by atoms with van der Waals surface area (Å²) in [5, 5.41) is 2.79. The molecule has 138 valence electrons. The summed E-state index contributed by atoms with van der Waals surface area (Å²) in [5.74, 6) is 0.0873. The van der Waals surface area contributed by atoms with Gasteiger partial charge in [0.2, 0.25) is 5.91 Å². The number of para-hydroxylation sites is 1. The number of aliphatic imine (C=N–C) groups is 1. The molecule has 2 heterocycles. The van der Waals surface area contributed by atoms with Gasteiger partial charge in [-0.1, -0.05) is 24.3 Å². The summed E-state index contributed by atoms with van der Waals surface area (Å²) >= 11 is 0. The smallest absolute Gasteiger partial charge is 0.330 e. The number of amides is 3. The molecule has 3 amide bonds. The van der Waals surface area contributed by atoms with Crippen LogP contribution < -0.4 is 10.2 Å². The molecule has 0 fully saturated rings. The van der Waals surface area contributed by atoms with Crippen LogP contribution in [0.25, 0.3) is 0 Å². The summed E-state index contributed by atoms with van der Waals surface area (Å²) in [4.78, 5) is 33.0. The maximum atomic E-state index is 13.0. The highest BCUT2D eigenvalue weighted by atomic mass is 19.1. The number of nitrogens with zero attached hydrogens (tertiary/aromatic N) is 3. The zero-order chi connectivity index (χ0) is 18.8. The molecule has 0 unspecified atom stereocenters. The lowest BCUT2D eigenvalue weighted by molar-refractivity contribution is -0.119. The van der Waals surface area contributed by atoms with E-state index in [4.69, 9.17) is 0 Å². The second-order valence-electron chi connectivity index (χ2n) is 6.50. The van der Waals surface area contributed by atoms with Crippen molar-refractivity contribution in [3.63, 3.8) is 0 Å². The first kappa shape index (κ1) is 17.2.